The van der Waals surface area contributed by atoms with Gasteiger partial charge in [0.15, 0.2) is 11.0 Å². The molecule has 0 aliphatic heterocycles. The van der Waals surface area contributed by atoms with Gasteiger partial charge in [0.25, 0.3) is 0 Å². The number of hydrogen-bond acceptors (Lipinski definition) is 1. The molecule has 0 bridgehead atoms. The van der Waals surface area contributed by atoms with E-state index in [9.17, 15) is 4.21 Å². The molecule has 3 heteroatoms. The summed E-state index contributed by atoms with van der Waals surface area (Å²) in [5.41, 5.74) is 0.974. The smallest absolute Gasteiger partial charge is 0.173 e. The minimum Gasteiger partial charge on any atom is -0.229 e. The predicted octanol–water partition coefficient (Wildman–Crippen LogP) is 5.13. The summed E-state index contributed by atoms with van der Waals surface area (Å²) in [6.07, 6.45) is 1.71. The lowest BCUT2D eigenvalue weighted by atomic mass is 10.1. The van der Waals surface area contributed by atoms with E-state index in [4.69, 9.17) is 0 Å². The first-order valence-electron chi connectivity index (χ1n) is 7.74. The van der Waals surface area contributed by atoms with Crippen LogP contribution in [0, 0.1) is 0 Å². The third-order valence-corrected chi connectivity index (χ3v) is 5.08. The maximum Gasteiger partial charge on any atom is 0.173 e. The van der Waals surface area contributed by atoms with Gasteiger partial charge in [0, 0.05) is 11.8 Å². The van der Waals surface area contributed by atoms with Crippen molar-refractivity contribution in [1.29, 1.82) is 0 Å². The van der Waals surface area contributed by atoms with E-state index in [0.717, 1.165) is 32.0 Å². The minimum atomic E-state index is -1.43. The quantitative estimate of drug-likeness (QED) is 0.479. The van der Waals surface area contributed by atoms with Crippen LogP contribution in [-0.4, -0.2) is 10.4 Å². The Hall–Kier alpha value is -2.78. The monoisotopic (exact) mass is 329 g/mol. The van der Waals surface area contributed by atoms with Crippen molar-refractivity contribution in [2.24, 2.45) is 4.40 Å². The Morgan fingerprint density at radius 2 is 1.25 bits per heavy atom. The van der Waals surface area contributed by atoms with Crippen molar-refractivity contribution in [2.75, 3.05) is 0 Å². The van der Waals surface area contributed by atoms with Gasteiger partial charge in [0.1, 0.15) is 0 Å². The van der Waals surface area contributed by atoms with Crippen LogP contribution in [0.5, 0.6) is 0 Å². The second-order valence-electron chi connectivity index (χ2n) is 5.53. The third-order valence-electron chi connectivity index (χ3n) is 4.05. The third kappa shape index (κ3) is 2.74. The van der Waals surface area contributed by atoms with E-state index >= 15 is 0 Å². The van der Waals surface area contributed by atoms with E-state index in [0.29, 0.717) is 0 Å². The molecule has 0 unspecified atom stereocenters. The van der Waals surface area contributed by atoms with Gasteiger partial charge in [-0.15, -0.1) is 0 Å². The first-order chi connectivity index (χ1) is 11.8. The molecule has 2 nitrogen and oxygen atoms in total. The van der Waals surface area contributed by atoms with Gasteiger partial charge in [0.2, 0.25) is 0 Å². The van der Waals surface area contributed by atoms with Gasteiger partial charge in [-0.25, -0.2) is 4.21 Å². The Balaban J connectivity index is 1.74. The normalized spacial score (nSPS) is 12.8. The van der Waals surface area contributed by atoms with E-state index in [2.05, 4.69) is 22.6 Å². The maximum atomic E-state index is 12.7. The summed E-state index contributed by atoms with van der Waals surface area (Å²) in [7, 11) is -1.43. The molecular weight excluding hydrogens is 314 g/mol. The zero-order valence-electron chi connectivity index (χ0n) is 12.9. The largest absolute Gasteiger partial charge is 0.229 e. The molecule has 0 saturated heterocycles. The summed E-state index contributed by atoms with van der Waals surface area (Å²) < 4.78 is 17.0. The van der Waals surface area contributed by atoms with E-state index < -0.39 is 11.0 Å². The second-order valence-corrected chi connectivity index (χ2v) is 6.68. The summed E-state index contributed by atoms with van der Waals surface area (Å²) in [6.45, 7) is 0. The fourth-order valence-corrected chi connectivity index (χ4v) is 3.76. The van der Waals surface area contributed by atoms with Crippen molar-refractivity contribution in [3.63, 3.8) is 0 Å². The molecule has 24 heavy (non-hydrogen) atoms. The fraction of sp³-hybridized carbons (Fsp3) is 0. The molecule has 0 heterocycles. The molecule has 0 aromatic heterocycles. The summed E-state index contributed by atoms with van der Waals surface area (Å²) >= 11 is 0. The lowest BCUT2D eigenvalue weighted by molar-refractivity contribution is 0.685. The van der Waals surface area contributed by atoms with Crippen LogP contribution in [0.4, 0.5) is 0 Å². The highest BCUT2D eigenvalue weighted by Gasteiger charge is 2.06. The van der Waals surface area contributed by atoms with E-state index in [1.165, 1.54) is 0 Å². The van der Waals surface area contributed by atoms with E-state index in [1.807, 2.05) is 66.7 Å². The predicted molar refractivity (Wildman–Crippen MR) is 102 cm³/mol. The summed E-state index contributed by atoms with van der Waals surface area (Å²) in [4.78, 5) is 0.740. The van der Waals surface area contributed by atoms with E-state index in [-0.39, 0.29) is 0 Å². The highest BCUT2D eigenvalue weighted by atomic mass is 32.2. The minimum absolute atomic E-state index is 0.740. The van der Waals surface area contributed by atoms with Crippen molar-refractivity contribution >= 4 is 38.7 Å². The average molecular weight is 329 g/mol. The van der Waals surface area contributed by atoms with Gasteiger partial charge >= 0.3 is 0 Å². The molecule has 0 N–H and O–H groups in total. The summed E-state index contributed by atoms with van der Waals surface area (Å²) in [5, 5.41) is 4.31. The zero-order chi connectivity index (χ0) is 16.4. The Bertz CT molecular complexity index is 1070. The van der Waals surface area contributed by atoms with Gasteiger partial charge in [-0.3, -0.25) is 0 Å². The molecule has 116 valence electrons. The lowest BCUT2D eigenvalue weighted by Gasteiger charge is -2.04. The number of benzene rings is 4. The van der Waals surface area contributed by atoms with Crippen LogP contribution in [0.2, 0.25) is 0 Å². The number of fused-ring (bicyclic) bond motifs is 2. The molecule has 1 atom stereocenters. The molecule has 4 aromatic carbocycles. The van der Waals surface area contributed by atoms with Crippen LogP contribution in [0.15, 0.2) is 94.2 Å². The number of hydrogen-bond donors (Lipinski definition) is 0. The number of nitrogens with zero attached hydrogens (tertiary/aromatic N) is 1. The molecule has 0 radical (unpaired) electrons. The highest BCUT2D eigenvalue weighted by Crippen LogP contribution is 2.22. The molecule has 4 rings (SSSR count). The van der Waals surface area contributed by atoms with Crippen LogP contribution in [-0.2, 0) is 11.0 Å². The van der Waals surface area contributed by atoms with Crippen molar-refractivity contribution in [1.82, 2.24) is 0 Å². The molecule has 0 aliphatic carbocycles. The Kier molecular flexibility index (Phi) is 3.93. The van der Waals surface area contributed by atoms with Crippen LogP contribution in [0.25, 0.3) is 21.5 Å². The van der Waals surface area contributed by atoms with Crippen LogP contribution < -0.4 is 0 Å². The molecule has 0 fully saturated rings. The number of rotatable bonds is 3. The molecule has 4 aromatic rings. The van der Waals surface area contributed by atoms with Crippen LogP contribution in [0.3, 0.4) is 0 Å². The molecule has 0 aliphatic rings. The van der Waals surface area contributed by atoms with Crippen molar-refractivity contribution in [3.05, 3.63) is 90.5 Å². The maximum absolute atomic E-state index is 12.7. The van der Waals surface area contributed by atoms with Crippen LogP contribution >= 0.6 is 0 Å². The second kappa shape index (κ2) is 6.38. The topological polar surface area (TPSA) is 29.4 Å². The summed E-state index contributed by atoms with van der Waals surface area (Å²) in [5.74, 6) is 0. The highest BCUT2D eigenvalue weighted by molar-refractivity contribution is 7.84. The molecule has 0 saturated carbocycles. The Morgan fingerprint density at radius 3 is 2.04 bits per heavy atom. The van der Waals surface area contributed by atoms with Crippen molar-refractivity contribution in [2.45, 2.75) is 4.90 Å². The lowest BCUT2D eigenvalue weighted by Crippen LogP contribution is -1.91. The van der Waals surface area contributed by atoms with Gasteiger partial charge in [-0.05, 0) is 27.6 Å². The molecule has 0 amide bonds. The van der Waals surface area contributed by atoms with E-state index in [1.54, 1.807) is 6.21 Å². The summed E-state index contributed by atoms with van der Waals surface area (Å²) in [6, 6.07) is 27.9. The Labute approximate surface area is 143 Å². The fourth-order valence-electron chi connectivity index (χ4n) is 2.87. The zero-order valence-corrected chi connectivity index (χ0v) is 13.7. The van der Waals surface area contributed by atoms with Crippen molar-refractivity contribution < 1.29 is 4.21 Å². The first kappa shape index (κ1) is 14.8. The average Bonchev–Trinajstić information content (AvgIpc) is 2.65. The first-order valence-corrected chi connectivity index (χ1v) is 8.85. The standard InChI is InChI=1S/C21H15NOS/c23-24(21-14-6-10-17-8-2-4-13-20(17)21)22-15-18-11-5-9-16-7-1-3-12-19(16)18/h1-15H/b22-15+/t24-/m0/s1. The van der Waals surface area contributed by atoms with Crippen molar-refractivity contribution in [3.8, 4) is 0 Å². The molecular formula is C21H15NOS. The van der Waals surface area contributed by atoms with Gasteiger partial charge in [-0.1, -0.05) is 78.9 Å². The SMILES string of the molecule is O=[S@](/N=C/c1cccc2ccccc12)c1cccc2ccccc12. The van der Waals surface area contributed by atoms with Gasteiger partial charge in [0.05, 0.1) is 4.90 Å². The van der Waals surface area contributed by atoms with Crippen LogP contribution in [0.1, 0.15) is 5.56 Å². The molecule has 0 spiro atoms. The Morgan fingerprint density at radius 1 is 0.667 bits per heavy atom. The van der Waals surface area contributed by atoms with Gasteiger partial charge < -0.3 is 0 Å². The van der Waals surface area contributed by atoms with Gasteiger partial charge in [-0.2, -0.15) is 4.40 Å².